The molecule has 27 heavy (non-hydrogen) atoms. The zero-order chi connectivity index (χ0) is 18.8. The van der Waals surface area contributed by atoms with Gasteiger partial charge in [-0.2, -0.15) is 10.1 Å². The van der Waals surface area contributed by atoms with Gasteiger partial charge in [0.25, 0.3) is 5.95 Å². The lowest BCUT2D eigenvalue weighted by atomic mass is 10.2. The van der Waals surface area contributed by atoms with Crippen LogP contribution in [0.3, 0.4) is 0 Å². The van der Waals surface area contributed by atoms with Crippen molar-refractivity contribution in [3.05, 3.63) is 46.4 Å². The Labute approximate surface area is 162 Å². The van der Waals surface area contributed by atoms with Crippen LogP contribution in [-0.2, 0) is 0 Å². The molecular formula is C18H15BrN6O2. The number of aromatic nitrogens is 4. The van der Waals surface area contributed by atoms with Gasteiger partial charge in [-0.1, -0.05) is 18.2 Å². The number of H-pyrrole nitrogens is 1. The van der Waals surface area contributed by atoms with Crippen LogP contribution in [0.5, 0.6) is 11.5 Å². The minimum Gasteiger partial charge on any atom is -0.493 e. The van der Waals surface area contributed by atoms with E-state index in [0.717, 1.165) is 26.5 Å². The van der Waals surface area contributed by atoms with Gasteiger partial charge in [0.2, 0.25) is 0 Å². The average molecular weight is 427 g/mol. The highest BCUT2D eigenvalue weighted by molar-refractivity contribution is 9.10. The molecule has 8 nitrogen and oxygen atoms in total. The fraction of sp³-hybridized carbons (Fsp3) is 0.111. The Balaban J connectivity index is 1.58. The zero-order valence-electron chi connectivity index (χ0n) is 14.5. The van der Waals surface area contributed by atoms with E-state index in [-0.39, 0.29) is 0 Å². The number of hydrogen-bond donors (Lipinski definition) is 2. The van der Waals surface area contributed by atoms with E-state index in [1.165, 1.54) is 0 Å². The summed E-state index contributed by atoms with van der Waals surface area (Å²) in [6.45, 7) is 0. The Morgan fingerprint density at radius 1 is 1.15 bits per heavy atom. The van der Waals surface area contributed by atoms with Crippen molar-refractivity contribution in [2.45, 2.75) is 0 Å². The van der Waals surface area contributed by atoms with Crippen molar-refractivity contribution >= 4 is 50.2 Å². The molecule has 0 fully saturated rings. The van der Waals surface area contributed by atoms with Crippen molar-refractivity contribution < 1.29 is 9.47 Å². The van der Waals surface area contributed by atoms with Crippen LogP contribution >= 0.6 is 15.9 Å². The van der Waals surface area contributed by atoms with Crippen LogP contribution < -0.4 is 14.9 Å². The summed E-state index contributed by atoms with van der Waals surface area (Å²) < 4.78 is 11.4. The van der Waals surface area contributed by atoms with Crippen molar-refractivity contribution in [2.75, 3.05) is 19.6 Å². The summed E-state index contributed by atoms with van der Waals surface area (Å²) in [5.41, 5.74) is 5.94. The van der Waals surface area contributed by atoms with Crippen LogP contribution in [0.4, 0.5) is 5.95 Å². The first-order valence-corrected chi connectivity index (χ1v) is 8.80. The summed E-state index contributed by atoms with van der Waals surface area (Å²) in [7, 11) is 3.17. The third-order valence-corrected chi connectivity index (χ3v) is 4.55. The molecule has 0 saturated heterocycles. The standard InChI is InChI=1S/C18H15BrN6O2/c1-26-14-8-10(7-12(19)16(14)27-2)9-20-24-18-22-17-15(23-25-18)11-5-3-4-6-13(11)21-17/h3-9H,1-2H3,(H2,21,22,24,25)/b20-9+. The molecule has 2 heterocycles. The highest BCUT2D eigenvalue weighted by Gasteiger charge is 2.10. The molecule has 0 aliphatic carbocycles. The van der Waals surface area contributed by atoms with E-state index >= 15 is 0 Å². The van der Waals surface area contributed by atoms with Crippen molar-refractivity contribution in [2.24, 2.45) is 5.10 Å². The van der Waals surface area contributed by atoms with Gasteiger partial charge in [0, 0.05) is 10.9 Å². The van der Waals surface area contributed by atoms with E-state index in [1.54, 1.807) is 20.4 Å². The second-order valence-electron chi connectivity index (χ2n) is 5.61. The molecule has 2 aromatic heterocycles. The molecule has 0 saturated carbocycles. The molecule has 0 unspecified atom stereocenters. The summed E-state index contributed by atoms with van der Waals surface area (Å²) in [6.07, 6.45) is 1.63. The summed E-state index contributed by atoms with van der Waals surface area (Å²) in [5.74, 6) is 1.52. The third-order valence-electron chi connectivity index (χ3n) is 3.96. The predicted octanol–water partition coefficient (Wildman–Crippen LogP) is 3.73. The SMILES string of the molecule is COc1cc(/C=N/Nc2nnc3c(n2)[nH]c2ccccc23)cc(Br)c1OC. The van der Waals surface area contributed by atoms with Gasteiger partial charge in [0.05, 0.1) is 24.9 Å². The second-order valence-corrected chi connectivity index (χ2v) is 6.47. The number of para-hydroxylation sites is 1. The Kier molecular flexibility index (Phi) is 4.59. The van der Waals surface area contributed by atoms with Gasteiger partial charge in [-0.25, -0.2) is 5.43 Å². The molecule has 0 aliphatic heterocycles. The van der Waals surface area contributed by atoms with Gasteiger partial charge in [-0.15, -0.1) is 10.2 Å². The summed E-state index contributed by atoms with van der Waals surface area (Å²) in [5, 5.41) is 13.5. The quantitative estimate of drug-likeness (QED) is 0.372. The highest BCUT2D eigenvalue weighted by atomic mass is 79.9. The van der Waals surface area contributed by atoms with Crippen LogP contribution in [0.2, 0.25) is 0 Å². The number of nitrogens with zero attached hydrogens (tertiary/aromatic N) is 4. The normalized spacial score (nSPS) is 11.4. The first kappa shape index (κ1) is 17.2. The predicted molar refractivity (Wildman–Crippen MR) is 108 cm³/mol. The number of ether oxygens (including phenoxy) is 2. The second kappa shape index (κ2) is 7.20. The Hall–Kier alpha value is -3.20. The lowest BCUT2D eigenvalue weighted by Gasteiger charge is -2.10. The number of rotatable bonds is 5. The van der Waals surface area contributed by atoms with Crippen LogP contribution in [0, 0.1) is 0 Å². The number of hydrogen-bond acceptors (Lipinski definition) is 7. The van der Waals surface area contributed by atoms with Gasteiger partial charge in [0.15, 0.2) is 17.1 Å². The Bertz CT molecular complexity index is 1160. The maximum absolute atomic E-state index is 5.32. The topological polar surface area (TPSA) is 97.3 Å². The van der Waals surface area contributed by atoms with Crippen molar-refractivity contribution in [1.82, 2.24) is 20.2 Å². The number of nitrogens with one attached hydrogen (secondary N) is 2. The van der Waals surface area contributed by atoms with Crippen LogP contribution in [-0.4, -0.2) is 40.6 Å². The Morgan fingerprint density at radius 3 is 2.81 bits per heavy atom. The maximum atomic E-state index is 5.32. The van der Waals surface area contributed by atoms with Crippen molar-refractivity contribution in [3.63, 3.8) is 0 Å². The molecule has 2 N–H and O–H groups in total. The third kappa shape index (κ3) is 3.28. The molecule has 4 aromatic rings. The number of benzene rings is 2. The number of hydrazone groups is 1. The molecule has 0 radical (unpaired) electrons. The molecule has 4 rings (SSSR count). The van der Waals surface area contributed by atoms with E-state index in [4.69, 9.17) is 9.47 Å². The van der Waals surface area contributed by atoms with Gasteiger partial charge >= 0.3 is 0 Å². The highest BCUT2D eigenvalue weighted by Crippen LogP contribution is 2.35. The summed E-state index contributed by atoms with van der Waals surface area (Å²) in [4.78, 5) is 7.63. The Morgan fingerprint density at radius 2 is 2.00 bits per heavy atom. The fourth-order valence-electron chi connectivity index (χ4n) is 2.75. The molecule has 0 spiro atoms. The molecule has 9 heteroatoms. The van der Waals surface area contributed by atoms with Gasteiger partial charge in [-0.05, 0) is 39.7 Å². The largest absolute Gasteiger partial charge is 0.493 e. The van der Waals surface area contributed by atoms with E-state index in [1.807, 2.05) is 36.4 Å². The smallest absolute Gasteiger partial charge is 0.265 e. The van der Waals surface area contributed by atoms with Gasteiger partial charge < -0.3 is 14.5 Å². The molecule has 0 bridgehead atoms. The number of fused-ring (bicyclic) bond motifs is 3. The van der Waals surface area contributed by atoms with E-state index in [2.05, 4.69) is 46.6 Å². The minimum atomic E-state index is 0.296. The molecule has 0 aliphatic rings. The zero-order valence-corrected chi connectivity index (χ0v) is 16.1. The van der Waals surface area contributed by atoms with Gasteiger partial charge in [0.1, 0.15) is 5.52 Å². The molecule has 0 amide bonds. The van der Waals surface area contributed by atoms with E-state index in [9.17, 15) is 0 Å². The number of methoxy groups -OCH3 is 2. The maximum Gasteiger partial charge on any atom is 0.265 e. The van der Waals surface area contributed by atoms with E-state index < -0.39 is 0 Å². The molecule has 0 atom stereocenters. The van der Waals surface area contributed by atoms with Crippen molar-refractivity contribution in [1.29, 1.82) is 0 Å². The van der Waals surface area contributed by atoms with Crippen molar-refractivity contribution in [3.8, 4) is 11.5 Å². The molecule has 136 valence electrons. The van der Waals surface area contributed by atoms with Crippen LogP contribution in [0.25, 0.3) is 22.1 Å². The monoisotopic (exact) mass is 426 g/mol. The average Bonchev–Trinajstić information content (AvgIpc) is 3.05. The lowest BCUT2D eigenvalue weighted by molar-refractivity contribution is 0.353. The first-order valence-electron chi connectivity index (χ1n) is 8.01. The summed E-state index contributed by atoms with van der Waals surface area (Å²) in [6, 6.07) is 11.5. The fourth-order valence-corrected chi connectivity index (χ4v) is 3.37. The van der Waals surface area contributed by atoms with Crippen LogP contribution in [0.15, 0.2) is 46.0 Å². The molecule has 2 aromatic carbocycles. The van der Waals surface area contributed by atoms with Gasteiger partial charge in [-0.3, -0.25) is 0 Å². The van der Waals surface area contributed by atoms with Crippen LogP contribution in [0.1, 0.15) is 5.56 Å². The molecular weight excluding hydrogens is 412 g/mol. The summed E-state index contributed by atoms with van der Waals surface area (Å²) >= 11 is 3.45. The first-order chi connectivity index (χ1) is 13.2. The van der Waals surface area contributed by atoms with E-state index in [0.29, 0.717) is 23.1 Å². The minimum absolute atomic E-state index is 0.296. The number of anilines is 1. The number of halogens is 1. The lowest BCUT2D eigenvalue weighted by Crippen LogP contribution is -1.99. The number of aromatic amines is 1.